The molecule has 0 atom stereocenters. The molecule has 5 nitrogen and oxygen atoms in total. The molecule has 7 heteroatoms. The van der Waals surface area contributed by atoms with Gasteiger partial charge in [0.15, 0.2) is 11.6 Å². The number of nitrogens with zero attached hydrogens (tertiary/aromatic N) is 2. The van der Waals surface area contributed by atoms with Gasteiger partial charge < -0.3 is 11.1 Å². The van der Waals surface area contributed by atoms with Gasteiger partial charge >= 0.3 is 0 Å². The minimum absolute atomic E-state index is 0.139. The summed E-state index contributed by atoms with van der Waals surface area (Å²) in [5, 5.41) is 5.56. The first-order valence-corrected chi connectivity index (χ1v) is 6.51. The van der Waals surface area contributed by atoms with Crippen molar-refractivity contribution < 1.29 is 8.78 Å². The molecule has 0 unspecified atom stereocenters. The van der Waals surface area contributed by atoms with E-state index in [4.69, 9.17) is 5.73 Å². The molecule has 1 fully saturated rings. The summed E-state index contributed by atoms with van der Waals surface area (Å²) in [5.41, 5.74) is 5.37. The molecule has 0 bridgehead atoms. The molecule has 4 N–H and O–H groups in total. The fourth-order valence-electron chi connectivity index (χ4n) is 2.58. The molecule has 1 aliphatic heterocycles. The van der Waals surface area contributed by atoms with Crippen LogP contribution in [0.5, 0.6) is 0 Å². The summed E-state index contributed by atoms with van der Waals surface area (Å²) in [4.78, 5) is 8.83. The lowest BCUT2D eigenvalue weighted by Crippen LogP contribution is -2.48. The normalized spacial score (nSPS) is 20.3. The van der Waals surface area contributed by atoms with Crippen LogP contribution in [0.4, 0.5) is 14.5 Å². The van der Waals surface area contributed by atoms with E-state index in [1.807, 2.05) is 0 Å². The number of hydrogen-bond acceptors (Lipinski definition) is 5. The number of hydrogen-bond donors (Lipinski definition) is 3. The molecule has 3 rings (SSSR count). The van der Waals surface area contributed by atoms with Crippen molar-refractivity contribution in [1.29, 1.82) is 0 Å². The predicted molar refractivity (Wildman–Crippen MR) is 73.4 cm³/mol. The van der Waals surface area contributed by atoms with E-state index >= 15 is 0 Å². The highest BCUT2D eigenvalue weighted by Gasteiger charge is 2.36. The van der Waals surface area contributed by atoms with Crippen molar-refractivity contribution in [3.8, 4) is 0 Å². The molecule has 1 aliphatic carbocycles. The van der Waals surface area contributed by atoms with Gasteiger partial charge in [0.05, 0.1) is 5.69 Å². The average Bonchev–Trinajstić information content (AvgIpc) is 2.79. The Balaban J connectivity index is 1.85. The number of guanidine groups is 2. The highest BCUT2D eigenvalue weighted by Crippen LogP contribution is 2.35. The zero-order valence-corrected chi connectivity index (χ0v) is 10.8. The Kier molecular flexibility index (Phi) is 3.04. The summed E-state index contributed by atoms with van der Waals surface area (Å²) in [6, 6.07) is 3.31. The predicted octanol–water partition coefficient (Wildman–Crippen LogP) is 1.92. The van der Waals surface area contributed by atoms with Crippen molar-refractivity contribution >= 4 is 17.6 Å². The van der Waals surface area contributed by atoms with E-state index in [1.165, 1.54) is 12.1 Å². The minimum atomic E-state index is -0.684. The molecule has 0 saturated heterocycles. The van der Waals surface area contributed by atoms with Crippen LogP contribution >= 0.6 is 0 Å². The van der Waals surface area contributed by atoms with E-state index in [0.717, 1.165) is 31.7 Å². The molecule has 2 aliphatic rings. The number of nitrogens with two attached hydrogens (primary N) is 1. The smallest absolute Gasteiger partial charge is 0.205 e. The monoisotopic (exact) mass is 279 g/mol. The van der Waals surface area contributed by atoms with Gasteiger partial charge in [0.2, 0.25) is 5.96 Å². The Morgan fingerprint density at radius 2 is 1.95 bits per heavy atom. The maximum Gasteiger partial charge on any atom is 0.205 e. The maximum atomic E-state index is 13.6. The lowest BCUT2D eigenvalue weighted by Gasteiger charge is -2.27. The molecular formula is C13H15F2N5. The summed E-state index contributed by atoms with van der Waals surface area (Å²) in [6.45, 7) is 0. The molecule has 0 radical (unpaired) electrons. The van der Waals surface area contributed by atoms with Gasteiger partial charge in [-0.15, -0.1) is 0 Å². The van der Waals surface area contributed by atoms with E-state index in [1.54, 1.807) is 0 Å². The first-order valence-electron chi connectivity index (χ1n) is 6.51. The van der Waals surface area contributed by atoms with Gasteiger partial charge in [-0.25, -0.2) is 18.8 Å². The Hall–Kier alpha value is -2.18. The first kappa shape index (κ1) is 12.8. The van der Waals surface area contributed by atoms with Crippen molar-refractivity contribution in [3.63, 3.8) is 0 Å². The minimum Gasteiger partial charge on any atom is -0.370 e. The number of rotatable bonds is 1. The van der Waals surface area contributed by atoms with Crippen LogP contribution in [-0.2, 0) is 0 Å². The van der Waals surface area contributed by atoms with Gasteiger partial charge in [0.25, 0.3) is 0 Å². The van der Waals surface area contributed by atoms with Crippen molar-refractivity contribution in [2.75, 3.05) is 5.32 Å². The van der Waals surface area contributed by atoms with Crippen LogP contribution < -0.4 is 16.4 Å². The molecule has 1 spiro atoms. The zero-order valence-electron chi connectivity index (χ0n) is 10.8. The van der Waals surface area contributed by atoms with Crippen LogP contribution in [0.3, 0.4) is 0 Å². The molecule has 1 heterocycles. The Labute approximate surface area is 115 Å². The van der Waals surface area contributed by atoms with Gasteiger partial charge in [-0.2, -0.15) is 0 Å². The Bertz CT molecular complexity index is 590. The second-order valence-corrected chi connectivity index (χ2v) is 5.02. The summed E-state index contributed by atoms with van der Waals surface area (Å²) in [5.74, 6) is -0.715. The fourth-order valence-corrected chi connectivity index (χ4v) is 2.58. The van der Waals surface area contributed by atoms with Crippen LogP contribution in [0, 0.1) is 11.6 Å². The van der Waals surface area contributed by atoms with E-state index in [2.05, 4.69) is 20.6 Å². The molecular weight excluding hydrogens is 264 g/mol. The molecule has 0 aromatic heterocycles. The van der Waals surface area contributed by atoms with Crippen LogP contribution in [0.15, 0.2) is 28.2 Å². The second kappa shape index (κ2) is 4.73. The lowest BCUT2D eigenvalue weighted by atomic mass is 10.1. The van der Waals surface area contributed by atoms with Crippen LogP contribution in [0.25, 0.3) is 0 Å². The number of anilines is 1. The molecule has 1 saturated carbocycles. The van der Waals surface area contributed by atoms with Gasteiger partial charge in [0, 0.05) is 6.07 Å². The van der Waals surface area contributed by atoms with Crippen molar-refractivity contribution in [2.45, 2.75) is 31.3 Å². The molecule has 20 heavy (non-hydrogen) atoms. The SMILES string of the molecule is NC1=NC2(CCCC2)N=C(Nc2ccc(F)cc2F)N1. The largest absolute Gasteiger partial charge is 0.370 e. The van der Waals surface area contributed by atoms with Gasteiger partial charge in [-0.1, -0.05) is 0 Å². The summed E-state index contributed by atoms with van der Waals surface area (Å²) >= 11 is 0. The highest BCUT2D eigenvalue weighted by atomic mass is 19.1. The van der Waals surface area contributed by atoms with Crippen molar-refractivity contribution in [2.24, 2.45) is 15.7 Å². The number of aliphatic imine (C=N–C) groups is 2. The van der Waals surface area contributed by atoms with Gasteiger partial charge in [-0.3, -0.25) is 5.32 Å². The zero-order chi connectivity index (χ0) is 14.2. The number of halogens is 2. The Morgan fingerprint density at radius 1 is 1.20 bits per heavy atom. The van der Waals surface area contributed by atoms with Crippen LogP contribution in [0.2, 0.25) is 0 Å². The van der Waals surface area contributed by atoms with E-state index in [9.17, 15) is 8.78 Å². The summed E-state index contributed by atoms with van der Waals surface area (Å²) in [6.07, 6.45) is 3.73. The third-order valence-electron chi connectivity index (χ3n) is 3.48. The first-order chi connectivity index (χ1) is 9.56. The molecule has 0 amide bonds. The topological polar surface area (TPSA) is 74.8 Å². The van der Waals surface area contributed by atoms with E-state index in [-0.39, 0.29) is 11.6 Å². The quantitative estimate of drug-likeness (QED) is 0.735. The third kappa shape index (κ3) is 2.43. The summed E-state index contributed by atoms with van der Waals surface area (Å²) < 4.78 is 26.5. The Morgan fingerprint density at radius 3 is 2.65 bits per heavy atom. The highest BCUT2D eigenvalue weighted by molar-refractivity contribution is 6.06. The maximum absolute atomic E-state index is 13.6. The van der Waals surface area contributed by atoms with Crippen LogP contribution in [-0.4, -0.2) is 17.6 Å². The average molecular weight is 279 g/mol. The van der Waals surface area contributed by atoms with Crippen molar-refractivity contribution in [3.05, 3.63) is 29.8 Å². The molecule has 1 aromatic carbocycles. The third-order valence-corrected chi connectivity index (χ3v) is 3.48. The number of benzene rings is 1. The van der Waals surface area contributed by atoms with Gasteiger partial charge in [-0.05, 0) is 37.8 Å². The fraction of sp³-hybridized carbons (Fsp3) is 0.385. The standard InChI is InChI=1S/C13H15F2N5/c14-8-3-4-10(9(15)7-8)17-12-18-11(16)19-13(20-12)5-1-2-6-13/h3-4,7H,1-2,5-6H2,(H4,16,17,18,19,20). The lowest BCUT2D eigenvalue weighted by molar-refractivity contribution is 0.457. The second-order valence-electron chi connectivity index (χ2n) is 5.02. The van der Waals surface area contributed by atoms with Crippen LogP contribution in [0.1, 0.15) is 25.7 Å². The van der Waals surface area contributed by atoms with E-state index in [0.29, 0.717) is 5.96 Å². The van der Waals surface area contributed by atoms with E-state index < -0.39 is 17.3 Å². The van der Waals surface area contributed by atoms with Gasteiger partial charge in [0.1, 0.15) is 11.6 Å². The summed E-state index contributed by atoms with van der Waals surface area (Å²) in [7, 11) is 0. The van der Waals surface area contributed by atoms with Crippen molar-refractivity contribution in [1.82, 2.24) is 5.32 Å². The number of nitrogens with one attached hydrogen (secondary N) is 2. The molecule has 1 aromatic rings. The molecule has 106 valence electrons.